The van der Waals surface area contributed by atoms with E-state index in [1.165, 1.54) is 50.5 Å². The zero-order valence-electron chi connectivity index (χ0n) is 13.1. The van der Waals surface area contributed by atoms with Gasteiger partial charge in [0.05, 0.1) is 0 Å². The fraction of sp³-hybridized carbons (Fsp3) is 0.722. The molecule has 0 saturated heterocycles. The zero-order chi connectivity index (χ0) is 14.2. The summed E-state index contributed by atoms with van der Waals surface area (Å²) in [5, 5.41) is 3.73. The second-order valence-electron chi connectivity index (χ2n) is 6.33. The van der Waals surface area contributed by atoms with Gasteiger partial charge in [-0.25, -0.2) is 0 Å². The van der Waals surface area contributed by atoms with Gasteiger partial charge in [0, 0.05) is 18.4 Å². The molecule has 0 radical (unpaired) electrons. The van der Waals surface area contributed by atoms with Gasteiger partial charge in [-0.3, -0.25) is 4.98 Å². The van der Waals surface area contributed by atoms with Crippen LogP contribution in [-0.4, -0.2) is 17.6 Å². The van der Waals surface area contributed by atoms with Gasteiger partial charge in [-0.05, 0) is 42.5 Å². The third kappa shape index (κ3) is 4.59. The molecular formula is C18H30N2. The van der Waals surface area contributed by atoms with Crippen LogP contribution >= 0.6 is 0 Å². The maximum atomic E-state index is 4.14. The number of pyridine rings is 1. The predicted molar refractivity (Wildman–Crippen MR) is 85.9 cm³/mol. The summed E-state index contributed by atoms with van der Waals surface area (Å²) in [4.78, 5) is 4.14. The molecule has 2 nitrogen and oxygen atoms in total. The van der Waals surface area contributed by atoms with E-state index in [0.717, 1.165) is 12.5 Å². The highest BCUT2D eigenvalue weighted by Gasteiger charge is 2.23. The lowest BCUT2D eigenvalue weighted by molar-refractivity contribution is 0.328. The Balaban J connectivity index is 1.98. The summed E-state index contributed by atoms with van der Waals surface area (Å²) in [5.41, 5.74) is 1.42. The molecule has 0 amide bonds. The van der Waals surface area contributed by atoms with Crippen LogP contribution in [0.15, 0.2) is 24.5 Å². The van der Waals surface area contributed by atoms with E-state index in [2.05, 4.69) is 36.3 Å². The first-order valence-electron chi connectivity index (χ1n) is 8.44. The van der Waals surface area contributed by atoms with Gasteiger partial charge in [0.1, 0.15) is 0 Å². The van der Waals surface area contributed by atoms with Crippen LogP contribution in [-0.2, 0) is 0 Å². The Morgan fingerprint density at radius 3 is 2.40 bits per heavy atom. The number of rotatable bonds is 6. The Morgan fingerprint density at radius 2 is 1.80 bits per heavy atom. The standard InChI is InChI=1S/C18H30N2/c1-3-20-18(14-16-8-6-4-5-7-9-16)15(2)17-10-12-19-13-11-17/h10-13,15-16,18,20H,3-9,14H2,1-2H3. The Labute approximate surface area is 124 Å². The molecule has 1 N–H and O–H groups in total. The van der Waals surface area contributed by atoms with Crippen molar-refractivity contribution in [2.24, 2.45) is 5.92 Å². The van der Waals surface area contributed by atoms with Crippen LogP contribution in [0.4, 0.5) is 0 Å². The van der Waals surface area contributed by atoms with Crippen LogP contribution in [0.5, 0.6) is 0 Å². The van der Waals surface area contributed by atoms with E-state index in [9.17, 15) is 0 Å². The van der Waals surface area contributed by atoms with Crippen molar-refractivity contribution >= 4 is 0 Å². The van der Waals surface area contributed by atoms with E-state index < -0.39 is 0 Å². The van der Waals surface area contributed by atoms with Crippen molar-refractivity contribution < 1.29 is 0 Å². The number of likely N-dealkylation sites (N-methyl/N-ethyl adjacent to an activating group) is 1. The van der Waals surface area contributed by atoms with Gasteiger partial charge in [-0.15, -0.1) is 0 Å². The van der Waals surface area contributed by atoms with Crippen molar-refractivity contribution in [2.75, 3.05) is 6.54 Å². The van der Waals surface area contributed by atoms with Crippen LogP contribution in [0.1, 0.15) is 70.3 Å². The van der Waals surface area contributed by atoms with Crippen LogP contribution in [0.2, 0.25) is 0 Å². The second kappa shape index (κ2) is 8.41. The van der Waals surface area contributed by atoms with E-state index in [1.54, 1.807) is 0 Å². The van der Waals surface area contributed by atoms with E-state index in [0.29, 0.717) is 12.0 Å². The number of nitrogens with one attached hydrogen (secondary N) is 1. The number of nitrogens with zero attached hydrogens (tertiary/aromatic N) is 1. The average molecular weight is 274 g/mol. The zero-order valence-corrected chi connectivity index (χ0v) is 13.1. The molecule has 20 heavy (non-hydrogen) atoms. The Morgan fingerprint density at radius 1 is 1.15 bits per heavy atom. The SMILES string of the molecule is CCNC(CC1CCCCCC1)C(C)c1ccncc1. The molecule has 1 aromatic heterocycles. The quantitative estimate of drug-likeness (QED) is 0.771. The van der Waals surface area contributed by atoms with Gasteiger partial charge >= 0.3 is 0 Å². The third-order valence-corrected chi connectivity index (χ3v) is 4.86. The highest BCUT2D eigenvalue weighted by molar-refractivity contribution is 5.17. The lowest BCUT2D eigenvalue weighted by atomic mass is 9.84. The summed E-state index contributed by atoms with van der Waals surface area (Å²) in [6.07, 6.45) is 13.8. The van der Waals surface area contributed by atoms with Gasteiger partial charge in [-0.2, -0.15) is 0 Å². The van der Waals surface area contributed by atoms with Crippen molar-refractivity contribution in [2.45, 2.75) is 70.8 Å². The van der Waals surface area contributed by atoms with Gasteiger partial charge in [-0.1, -0.05) is 52.4 Å². The van der Waals surface area contributed by atoms with Crippen LogP contribution < -0.4 is 5.32 Å². The van der Waals surface area contributed by atoms with E-state index in [4.69, 9.17) is 0 Å². The maximum absolute atomic E-state index is 4.14. The molecule has 1 aliphatic rings. The average Bonchev–Trinajstić information content (AvgIpc) is 2.76. The minimum atomic E-state index is 0.571. The van der Waals surface area contributed by atoms with Gasteiger partial charge in [0.2, 0.25) is 0 Å². The molecule has 2 rings (SSSR count). The molecule has 1 aliphatic carbocycles. The first kappa shape index (κ1) is 15.5. The molecule has 1 aromatic rings. The van der Waals surface area contributed by atoms with E-state index >= 15 is 0 Å². The normalized spacial score (nSPS) is 20.3. The highest BCUT2D eigenvalue weighted by Crippen LogP contribution is 2.30. The molecule has 0 aromatic carbocycles. The minimum Gasteiger partial charge on any atom is -0.314 e. The van der Waals surface area contributed by atoms with Crippen molar-refractivity contribution in [1.82, 2.24) is 10.3 Å². The minimum absolute atomic E-state index is 0.571. The predicted octanol–water partition coefficient (Wildman–Crippen LogP) is 4.52. The number of hydrogen-bond acceptors (Lipinski definition) is 2. The molecule has 112 valence electrons. The fourth-order valence-corrected chi connectivity index (χ4v) is 3.58. The third-order valence-electron chi connectivity index (χ3n) is 4.86. The summed E-state index contributed by atoms with van der Waals surface area (Å²) in [6, 6.07) is 4.94. The van der Waals surface area contributed by atoms with Gasteiger partial charge < -0.3 is 5.32 Å². The van der Waals surface area contributed by atoms with E-state index in [-0.39, 0.29) is 0 Å². The lowest BCUT2D eigenvalue weighted by Crippen LogP contribution is -2.35. The van der Waals surface area contributed by atoms with Gasteiger partial charge in [0.25, 0.3) is 0 Å². The van der Waals surface area contributed by atoms with Crippen molar-refractivity contribution in [3.8, 4) is 0 Å². The summed E-state index contributed by atoms with van der Waals surface area (Å²) in [6.45, 7) is 5.64. The van der Waals surface area contributed by atoms with E-state index in [1.807, 2.05) is 12.4 Å². The molecule has 2 heteroatoms. The molecule has 2 unspecified atom stereocenters. The molecule has 2 atom stereocenters. The maximum Gasteiger partial charge on any atom is 0.0270 e. The smallest absolute Gasteiger partial charge is 0.0270 e. The molecule has 1 fully saturated rings. The summed E-state index contributed by atoms with van der Waals surface area (Å²) < 4.78 is 0. The Bertz CT molecular complexity index is 355. The fourth-order valence-electron chi connectivity index (χ4n) is 3.58. The molecule has 1 saturated carbocycles. The topological polar surface area (TPSA) is 24.9 Å². The first-order valence-corrected chi connectivity index (χ1v) is 8.44. The first-order chi connectivity index (χ1) is 9.81. The largest absolute Gasteiger partial charge is 0.314 e. The van der Waals surface area contributed by atoms with Crippen molar-refractivity contribution in [3.05, 3.63) is 30.1 Å². The van der Waals surface area contributed by atoms with Crippen LogP contribution in [0, 0.1) is 5.92 Å². The summed E-state index contributed by atoms with van der Waals surface area (Å²) in [5.74, 6) is 1.49. The molecule has 0 spiro atoms. The number of aromatic nitrogens is 1. The summed E-state index contributed by atoms with van der Waals surface area (Å²) >= 11 is 0. The molecule has 0 bridgehead atoms. The monoisotopic (exact) mass is 274 g/mol. The van der Waals surface area contributed by atoms with Crippen molar-refractivity contribution in [1.29, 1.82) is 0 Å². The van der Waals surface area contributed by atoms with Crippen LogP contribution in [0.25, 0.3) is 0 Å². The number of hydrogen-bond donors (Lipinski definition) is 1. The Kier molecular flexibility index (Phi) is 6.52. The summed E-state index contributed by atoms with van der Waals surface area (Å²) in [7, 11) is 0. The highest BCUT2D eigenvalue weighted by atomic mass is 14.9. The second-order valence-corrected chi connectivity index (χ2v) is 6.33. The molecule has 1 heterocycles. The van der Waals surface area contributed by atoms with Crippen LogP contribution in [0.3, 0.4) is 0 Å². The Hall–Kier alpha value is -0.890. The molecule has 0 aliphatic heterocycles. The van der Waals surface area contributed by atoms with Crippen molar-refractivity contribution in [3.63, 3.8) is 0 Å². The molecular weight excluding hydrogens is 244 g/mol. The lowest BCUT2D eigenvalue weighted by Gasteiger charge is -2.29. The van der Waals surface area contributed by atoms with Gasteiger partial charge in [0.15, 0.2) is 0 Å².